The first-order chi connectivity index (χ1) is 11.5. The number of amides is 5. The fraction of sp³-hybridized carbons (Fsp3) is 0.333. The zero-order chi connectivity index (χ0) is 17.1. The normalized spacial score (nSPS) is 23.5. The first-order valence-corrected chi connectivity index (χ1v) is 7.56. The Morgan fingerprint density at radius 2 is 2.04 bits per heavy atom. The zero-order valence-electron chi connectivity index (χ0n) is 13.0. The van der Waals surface area contributed by atoms with E-state index in [0.29, 0.717) is 0 Å². The quantitative estimate of drug-likeness (QED) is 0.446. The maximum atomic E-state index is 12.0. The van der Waals surface area contributed by atoms with Crippen molar-refractivity contribution in [3.63, 3.8) is 0 Å². The second-order valence-corrected chi connectivity index (χ2v) is 5.63. The zero-order valence-corrected chi connectivity index (χ0v) is 13.0. The van der Waals surface area contributed by atoms with Crippen molar-refractivity contribution in [3.8, 4) is 0 Å². The minimum atomic E-state index is -0.581. The van der Waals surface area contributed by atoms with Crippen molar-refractivity contribution in [1.29, 1.82) is 0 Å². The largest absolute Gasteiger partial charge is 0.321 e. The Morgan fingerprint density at radius 3 is 2.79 bits per heavy atom. The van der Waals surface area contributed by atoms with Crippen molar-refractivity contribution < 1.29 is 14.4 Å². The topological polar surface area (TPSA) is 115 Å². The molecule has 4 N–H and O–H groups in total. The van der Waals surface area contributed by atoms with Crippen molar-refractivity contribution in [3.05, 3.63) is 35.9 Å². The Hall–Kier alpha value is -3.10. The number of benzene rings is 1. The van der Waals surface area contributed by atoms with Crippen LogP contribution in [0.25, 0.3) is 0 Å². The van der Waals surface area contributed by atoms with Crippen LogP contribution in [0.2, 0.25) is 0 Å². The summed E-state index contributed by atoms with van der Waals surface area (Å²) in [7, 11) is 0. The minimum Gasteiger partial charge on any atom is -0.314 e. The lowest BCUT2D eigenvalue weighted by Crippen LogP contribution is -2.47. The molecule has 126 valence electrons. The summed E-state index contributed by atoms with van der Waals surface area (Å²) in [6, 6.07) is 8.95. The number of nitrogens with zero attached hydrogens (tertiary/aromatic N) is 2. The van der Waals surface area contributed by atoms with Gasteiger partial charge in [0.1, 0.15) is 18.9 Å². The van der Waals surface area contributed by atoms with Gasteiger partial charge in [-0.3, -0.25) is 9.69 Å². The van der Waals surface area contributed by atoms with Crippen LogP contribution in [0.4, 0.5) is 9.59 Å². The first kappa shape index (κ1) is 15.8. The van der Waals surface area contributed by atoms with E-state index < -0.39 is 24.3 Å². The minimum absolute atomic E-state index is 0.0456. The molecular weight excluding hydrogens is 312 g/mol. The molecule has 9 heteroatoms. The van der Waals surface area contributed by atoms with Gasteiger partial charge in [0.25, 0.3) is 5.91 Å². The van der Waals surface area contributed by atoms with Gasteiger partial charge in [0.15, 0.2) is 0 Å². The molecule has 9 nitrogen and oxygen atoms in total. The fourth-order valence-electron chi connectivity index (χ4n) is 2.62. The van der Waals surface area contributed by atoms with Crippen LogP contribution in [0.15, 0.2) is 35.4 Å². The maximum absolute atomic E-state index is 12.0. The third-order valence-corrected chi connectivity index (χ3v) is 3.88. The monoisotopic (exact) mass is 330 g/mol. The SMILES string of the molecule is C[C@H](/C=N\NC(=O)CN1C(=O)N[C@@H]2NC(=O)N[C@@H]21)c1ccccc1. The predicted molar refractivity (Wildman–Crippen MR) is 86.0 cm³/mol. The van der Waals surface area contributed by atoms with Crippen LogP contribution in [0.1, 0.15) is 18.4 Å². The van der Waals surface area contributed by atoms with Crippen molar-refractivity contribution in [1.82, 2.24) is 26.3 Å². The van der Waals surface area contributed by atoms with Crippen LogP contribution < -0.4 is 21.4 Å². The van der Waals surface area contributed by atoms with E-state index in [4.69, 9.17) is 0 Å². The number of rotatable bonds is 5. The van der Waals surface area contributed by atoms with E-state index in [0.717, 1.165) is 5.56 Å². The Labute approximate surface area is 138 Å². The summed E-state index contributed by atoms with van der Waals surface area (Å²) in [6.45, 7) is 1.76. The third kappa shape index (κ3) is 3.29. The standard InChI is InChI=1S/C15H18N6O3/c1-9(10-5-3-2-4-6-10)7-16-20-11(22)8-21-13-12(18-15(21)24)17-14(23)19-13/h2-7,9,12-13H,8H2,1H3,(H,18,24)(H,20,22)(H2,17,19,23)/b16-7-/t9-,12+,13-/m1/s1. The summed E-state index contributed by atoms with van der Waals surface area (Å²) in [6.07, 6.45) is 0.515. The van der Waals surface area contributed by atoms with E-state index in [1.165, 1.54) is 4.90 Å². The summed E-state index contributed by atoms with van der Waals surface area (Å²) in [5, 5.41) is 11.6. The summed E-state index contributed by atoms with van der Waals surface area (Å²) >= 11 is 0. The fourth-order valence-corrected chi connectivity index (χ4v) is 2.62. The lowest BCUT2D eigenvalue weighted by atomic mass is 10.0. The van der Waals surface area contributed by atoms with Crippen molar-refractivity contribution >= 4 is 24.2 Å². The van der Waals surface area contributed by atoms with Gasteiger partial charge in [-0.25, -0.2) is 15.0 Å². The molecule has 2 heterocycles. The molecule has 5 amide bonds. The number of carbonyl (C=O) groups excluding carboxylic acids is 3. The summed E-state index contributed by atoms with van der Waals surface area (Å²) < 4.78 is 0. The van der Waals surface area contributed by atoms with E-state index >= 15 is 0 Å². The molecule has 24 heavy (non-hydrogen) atoms. The van der Waals surface area contributed by atoms with Gasteiger partial charge < -0.3 is 16.0 Å². The number of carbonyl (C=O) groups is 3. The molecule has 2 saturated heterocycles. The average molecular weight is 330 g/mol. The molecule has 2 aliphatic rings. The molecule has 3 atom stereocenters. The molecule has 3 rings (SSSR count). The van der Waals surface area contributed by atoms with Crippen molar-refractivity contribution in [2.75, 3.05) is 6.54 Å². The molecular formula is C15H18N6O3. The number of nitrogens with one attached hydrogen (secondary N) is 4. The highest BCUT2D eigenvalue weighted by atomic mass is 16.2. The molecule has 0 aromatic heterocycles. The van der Waals surface area contributed by atoms with E-state index in [1.54, 1.807) is 6.21 Å². The predicted octanol–water partition coefficient (Wildman–Crippen LogP) is -0.118. The molecule has 1 aromatic carbocycles. The lowest BCUT2D eigenvalue weighted by Gasteiger charge is -2.19. The molecule has 2 aliphatic heterocycles. The van der Waals surface area contributed by atoms with Gasteiger partial charge >= 0.3 is 12.1 Å². The van der Waals surface area contributed by atoms with E-state index in [-0.39, 0.29) is 18.5 Å². The molecule has 2 fully saturated rings. The Kier molecular flexibility index (Phi) is 4.32. The lowest BCUT2D eigenvalue weighted by molar-refractivity contribution is -0.121. The van der Waals surface area contributed by atoms with E-state index in [2.05, 4.69) is 26.5 Å². The molecule has 0 unspecified atom stereocenters. The molecule has 0 radical (unpaired) electrons. The van der Waals surface area contributed by atoms with Gasteiger partial charge in [-0.05, 0) is 5.56 Å². The van der Waals surface area contributed by atoms with Gasteiger partial charge in [-0.15, -0.1) is 0 Å². The van der Waals surface area contributed by atoms with Crippen LogP contribution in [-0.4, -0.2) is 48.0 Å². The van der Waals surface area contributed by atoms with Crippen LogP contribution >= 0.6 is 0 Å². The van der Waals surface area contributed by atoms with Crippen molar-refractivity contribution in [2.45, 2.75) is 25.2 Å². The number of urea groups is 2. The van der Waals surface area contributed by atoms with E-state index in [1.807, 2.05) is 37.3 Å². The summed E-state index contributed by atoms with van der Waals surface area (Å²) in [5.41, 5.74) is 3.48. The average Bonchev–Trinajstić information content (AvgIpc) is 3.05. The second kappa shape index (κ2) is 6.57. The molecule has 0 bridgehead atoms. The Morgan fingerprint density at radius 1 is 1.29 bits per heavy atom. The molecule has 0 spiro atoms. The number of hydrazone groups is 1. The summed E-state index contributed by atoms with van der Waals surface area (Å²) in [4.78, 5) is 36.3. The van der Waals surface area contributed by atoms with Gasteiger partial charge in [0.05, 0.1) is 0 Å². The Bertz CT molecular complexity index is 677. The Balaban J connectivity index is 1.51. The number of hydrogen-bond donors (Lipinski definition) is 4. The van der Waals surface area contributed by atoms with Gasteiger partial charge in [0, 0.05) is 12.1 Å². The second-order valence-electron chi connectivity index (χ2n) is 5.63. The van der Waals surface area contributed by atoms with E-state index in [9.17, 15) is 14.4 Å². The van der Waals surface area contributed by atoms with Gasteiger partial charge in [-0.1, -0.05) is 37.3 Å². The highest BCUT2D eigenvalue weighted by Gasteiger charge is 2.45. The highest BCUT2D eigenvalue weighted by Crippen LogP contribution is 2.13. The van der Waals surface area contributed by atoms with Crippen LogP contribution in [-0.2, 0) is 4.79 Å². The molecule has 0 saturated carbocycles. The highest BCUT2D eigenvalue weighted by molar-refractivity contribution is 5.89. The summed E-state index contributed by atoms with van der Waals surface area (Å²) in [5.74, 6) is -0.396. The van der Waals surface area contributed by atoms with Crippen LogP contribution in [0.3, 0.4) is 0 Å². The number of fused-ring (bicyclic) bond motifs is 1. The van der Waals surface area contributed by atoms with Crippen LogP contribution in [0, 0.1) is 0 Å². The number of hydrogen-bond acceptors (Lipinski definition) is 4. The van der Waals surface area contributed by atoms with Gasteiger partial charge in [-0.2, -0.15) is 5.10 Å². The first-order valence-electron chi connectivity index (χ1n) is 7.56. The van der Waals surface area contributed by atoms with Gasteiger partial charge in [0.2, 0.25) is 0 Å². The van der Waals surface area contributed by atoms with Crippen molar-refractivity contribution in [2.24, 2.45) is 5.10 Å². The third-order valence-electron chi connectivity index (χ3n) is 3.88. The molecule has 0 aliphatic carbocycles. The molecule has 1 aromatic rings. The van der Waals surface area contributed by atoms with Crippen LogP contribution in [0.5, 0.6) is 0 Å². The maximum Gasteiger partial charge on any atom is 0.321 e. The smallest absolute Gasteiger partial charge is 0.314 e.